The van der Waals surface area contributed by atoms with Gasteiger partial charge in [-0.1, -0.05) is 60.1 Å². The number of hydrogen-bond donors (Lipinski definition) is 2. The van der Waals surface area contributed by atoms with Crippen LogP contribution in [0.15, 0.2) is 72.9 Å². The van der Waals surface area contributed by atoms with Crippen molar-refractivity contribution in [3.05, 3.63) is 117 Å². The average molecular weight is 727 g/mol. The van der Waals surface area contributed by atoms with Gasteiger partial charge in [-0.3, -0.25) is 24.8 Å². The van der Waals surface area contributed by atoms with Gasteiger partial charge in [-0.25, -0.2) is 13.2 Å². The highest BCUT2D eigenvalue weighted by Gasteiger charge is 2.29. The summed E-state index contributed by atoms with van der Waals surface area (Å²) < 4.78 is 41.7. The van der Waals surface area contributed by atoms with Crippen LogP contribution in [0.5, 0.6) is 0 Å². The monoisotopic (exact) mass is 726 g/mol. The van der Waals surface area contributed by atoms with E-state index in [2.05, 4.69) is 43.9 Å². The molecule has 0 saturated carbocycles. The highest BCUT2D eigenvalue weighted by Crippen LogP contribution is 2.35. The van der Waals surface area contributed by atoms with Gasteiger partial charge in [-0.15, -0.1) is 5.10 Å². The van der Waals surface area contributed by atoms with Crippen molar-refractivity contribution >= 4 is 40.0 Å². The van der Waals surface area contributed by atoms with E-state index in [0.717, 1.165) is 59.5 Å². The Labute approximate surface area is 304 Å². The molecule has 0 radical (unpaired) electrons. The zero-order chi connectivity index (χ0) is 36.5. The summed E-state index contributed by atoms with van der Waals surface area (Å²) in [6, 6.07) is 19.4. The number of pyridine rings is 1. The summed E-state index contributed by atoms with van der Waals surface area (Å²) in [6.07, 6.45) is 1.70. The van der Waals surface area contributed by atoms with Gasteiger partial charge >= 0.3 is 0 Å². The number of anilines is 1. The minimum absolute atomic E-state index is 0.108. The molecule has 52 heavy (non-hydrogen) atoms. The molecule has 2 saturated heterocycles. The molecule has 7 rings (SSSR count). The first-order chi connectivity index (χ1) is 25.0. The van der Waals surface area contributed by atoms with E-state index in [0.29, 0.717) is 47.5 Å². The standard InChI is InChI=1S/C40H38ClF3N6O2/c1-22(29-4-3-5-31(37(29)42)38(43)44)46-39-32-19-35(45-20-33(32)23(2)48-49-39)27-10-12-34(41)28(18-27)21-50-16-14-25(15-17-50)24-6-8-26(9-7-24)30-11-13-36(51)47-40(30)52/h3-10,12,18-20,22,25,30,38H,11,13-17,21H2,1-2H3,(H,46,49)(H,47,51,52)/t22-,30?/m1/s1. The summed E-state index contributed by atoms with van der Waals surface area (Å²) in [6.45, 7) is 6.01. The number of carbonyl (C=O) groups is 2. The lowest BCUT2D eigenvalue weighted by Crippen LogP contribution is -2.39. The van der Waals surface area contributed by atoms with Crippen molar-refractivity contribution in [2.24, 2.45) is 0 Å². The first-order valence-corrected chi connectivity index (χ1v) is 17.8. The van der Waals surface area contributed by atoms with E-state index in [1.54, 1.807) is 13.1 Å². The Morgan fingerprint density at radius 2 is 1.67 bits per heavy atom. The second kappa shape index (κ2) is 15.0. The largest absolute Gasteiger partial charge is 0.361 e. The topological polar surface area (TPSA) is 100 Å². The lowest BCUT2D eigenvalue weighted by Gasteiger charge is -2.32. The Morgan fingerprint density at radius 1 is 0.942 bits per heavy atom. The Hall–Kier alpha value is -4.87. The molecule has 0 bridgehead atoms. The van der Waals surface area contributed by atoms with E-state index in [9.17, 15) is 22.8 Å². The quantitative estimate of drug-likeness (QED) is 0.147. The number of fused-ring (bicyclic) bond motifs is 1. The molecule has 0 aliphatic carbocycles. The Bertz CT molecular complexity index is 2140. The molecular formula is C40H38ClF3N6O2. The molecule has 2 aliphatic rings. The fourth-order valence-electron chi connectivity index (χ4n) is 7.32. The van der Waals surface area contributed by atoms with Crippen LogP contribution in [0.25, 0.3) is 22.0 Å². The van der Waals surface area contributed by atoms with E-state index in [1.165, 1.54) is 17.7 Å². The molecule has 3 aromatic carbocycles. The first-order valence-electron chi connectivity index (χ1n) is 17.5. The maximum atomic E-state index is 15.0. The number of imide groups is 1. The fourth-order valence-corrected chi connectivity index (χ4v) is 7.50. The van der Waals surface area contributed by atoms with Crippen molar-refractivity contribution in [3.63, 3.8) is 0 Å². The van der Waals surface area contributed by atoms with Crippen LogP contribution in [0.2, 0.25) is 5.02 Å². The molecule has 12 heteroatoms. The maximum Gasteiger partial charge on any atom is 0.266 e. The van der Waals surface area contributed by atoms with E-state index in [1.807, 2.05) is 37.3 Å². The molecule has 8 nitrogen and oxygen atoms in total. The Morgan fingerprint density at radius 3 is 2.40 bits per heavy atom. The number of likely N-dealkylation sites (tertiary alicyclic amines) is 1. The van der Waals surface area contributed by atoms with Crippen LogP contribution >= 0.6 is 11.6 Å². The van der Waals surface area contributed by atoms with Crippen LogP contribution < -0.4 is 10.6 Å². The normalized spacial score (nSPS) is 17.8. The van der Waals surface area contributed by atoms with Gasteiger partial charge in [0, 0.05) is 46.1 Å². The highest BCUT2D eigenvalue weighted by molar-refractivity contribution is 6.31. The molecule has 5 aromatic rings. The molecule has 2 aliphatic heterocycles. The number of nitrogens with one attached hydrogen (secondary N) is 2. The molecule has 2 N–H and O–H groups in total. The van der Waals surface area contributed by atoms with E-state index in [-0.39, 0.29) is 23.3 Å². The van der Waals surface area contributed by atoms with Crippen LogP contribution in [-0.2, 0) is 16.1 Å². The third kappa shape index (κ3) is 7.38. The van der Waals surface area contributed by atoms with Crippen LogP contribution in [0.4, 0.5) is 19.0 Å². The average Bonchev–Trinajstić information content (AvgIpc) is 3.14. The van der Waals surface area contributed by atoms with Gasteiger partial charge in [0.1, 0.15) is 5.82 Å². The number of hydrogen-bond acceptors (Lipinski definition) is 7. The second-order valence-corrected chi connectivity index (χ2v) is 14.1. The summed E-state index contributed by atoms with van der Waals surface area (Å²) in [4.78, 5) is 31.0. The predicted molar refractivity (Wildman–Crippen MR) is 195 cm³/mol. The molecule has 0 spiro atoms. The number of amides is 2. The molecule has 4 heterocycles. The van der Waals surface area contributed by atoms with Gasteiger partial charge < -0.3 is 5.32 Å². The number of halogens is 4. The number of carbonyl (C=O) groups excluding carboxylic acids is 2. The summed E-state index contributed by atoms with van der Waals surface area (Å²) >= 11 is 6.72. The number of alkyl halides is 2. The van der Waals surface area contributed by atoms with E-state index >= 15 is 0 Å². The van der Waals surface area contributed by atoms with Crippen molar-refractivity contribution in [1.29, 1.82) is 0 Å². The van der Waals surface area contributed by atoms with E-state index in [4.69, 9.17) is 16.6 Å². The van der Waals surface area contributed by atoms with Crippen LogP contribution in [0.1, 0.15) is 90.4 Å². The van der Waals surface area contributed by atoms with Gasteiger partial charge in [0.25, 0.3) is 6.43 Å². The van der Waals surface area contributed by atoms with Gasteiger partial charge in [-0.2, -0.15) is 5.10 Å². The van der Waals surface area contributed by atoms with Crippen LogP contribution in [-0.4, -0.2) is 45.0 Å². The summed E-state index contributed by atoms with van der Waals surface area (Å²) in [7, 11) is 0. The van der Waals surface area contributed by atoms with Crippen molar-refractivity contribution in [3.8, 4) is 11.3 Å². The highest BCUT2D eigenvalue weighted by atomic mass is 35.5. The molecule has 268 valence electrons. The second-order valence-electron chi connectivity index (χ2n) is 13.7. The molecule has 2 amide bonds. The van der Waals surface area contributed by atoms with Crippen molar-refractivity contribution in [2.75, 3.05) is 18.4 Å². The number of aryl methyl sites for hydroxylation is 1. The molecule has 2 aromatic heterocycles. The van der Waals surface area contributed by atoms with Crippen LogP contribution in [0, 0.1) is 12.7 Å². The van der Waals surface area contributed by atoms with Crippen LogP contribution in [0.3, 0.4) is 0 Å². The first kappa shape index (κ1) is 35.5. The SMILES string of the molecule is Cc1nnc(N[C@H](C)c2cccc(C(F)F)c2F)c2cc(-c3ccc(Cl)c(CN4CCC(c5ccc(C6CCC(=O)NC6=O)cc5)CC4)c3)ncc12. The third-order valence-electron chi connectivity index (χ3n) is 10.3. The zero-order valence-electron chi connectivity index (χ0n) is 28.8. The smallest absolute Gasteiger partial charge is 0.266 e. The number of nitrogens with zero attached hydrogens (tertiary/aromatic N) is 4. The number of piperidine rings is 2. The predicted octanol–water partition coefficient (Wildman–Crippen LogP) is 8.80. The summed E-state index contributed by atoms with van der Waals surface area (Å²) in [5, 5.41) is 16.4. The third-order valence-corrected chi connectivity index (χ3v) is 10.7. The zero-order valence-corrected chi connectivity index (χ0v) is 29.6. The van der Waals surface area contributed by atoms with Crippen molar-refractivity contribution in [2.45, 2.75) is 70.4 Å². The molecule has 1 unspecified atom stereocenters. The lowest BCUT2D eigenvalue weighted by atomic mass is 9.86. The van der Waals surface area contributed by atoms with Crippen molar-refractivity contribution in [1.82, 2.24) is 25.4 Å². The van der Waals surface area contributed by atoms with Crippen molar-refractivity contribution < 1.29 is 22.8 Å². The van der Waals surface area contributed by atoms with E-state index < -0.39 is 23.8 Å². The van der Waals surface area contributed by atoms with Gasteiger partial charge in [0.15, 0.2) is 5.82 Å². The fraction of sp³-hybridized carbons (Fsp3) is 0.325. The molecule has 2 atom stereocenters. The number of aromatic nitrogens is 3. The number of benzene rings is 3. The number of rotatable bonds is 9. The Balaban J connectivity index is 1.05. The summed E-state index contributed by atoms with van der Waals surface area (Å²) in [5.74, 6) is -0.846. The minimum atomic E-state index is -2.92. The van der Waals surface area contributed by atoms with Gasteiger partial charge in [0.2, 0.25) is 11.8 Å². The van der Waals surface area contributed by atoms with Gasteiger partial charge in [0.05, 0.1) is 28.9 Å². The molecular weight excluding hydrogens is 689 g/mol. The molecule has 2 fully saturated rings. The Kier molecular flexibility index (Phi) is 10.3. The van der Waals surface area contributed by atoms with Gasteiger partial charge in [-0.05, 0) is 87.0 Å². The minimum Gasteiger partial charge on any atom is -0.361 e. The summed E-state index contributed by atoms with van der Waals surface area (Å²) in [5.41, 5.74) is 4.89. The maximum absolute atomic E-state index is 15.0. The lowest BCUT2D eigenvalue weighted by molar-refractivity contribution is -0.134.